The lowest BCUT2D eigenvalue weighted by Crippen LogP contribution is -2.29. The van der Waals surface area contributed by atoms with Gasteiger partial charge in [0.2, 0.25) is 0 Å². The molecule has 0 fully saturated rings. The molecule has 0 bridgehead atoms. The first-order valence-electron chi connectivity index (χ1n) is 7.66. The van der Waals surface area contributed by atoms with E-state index in [1.165, 1.54) is 11.1 Å². The summed E-state index contributed by atoms with van der Waals surface area (Å²) in [4.78, 5) is 0. The number of benzene rings is 2. The molecule has 3 heteroatoms. The van der Waals surface area contributed by atoms with Gasteiger partial charge < -0.3 is 14.8 Å². The van der Waals surface area contributed by atoms with Crippen molar-refractivity contribution >= 4 is 0 Å². The first-order valence-corrected chi connectivity index (χ1v) is 7.66. The molecule has 1 unspecified atom stereocenters. The Morgan fingerprint density at radius 2 is 1.59 bits per heavy atom. The average Bonchev–Trinajstić information content (AvgIpc) is 2.54. The van der Waals surface area contributed by atoms with E-state index in [4.69, 9.17) is 9.47 Å². The minimum atomic E-state index is 0.238. The number of rotatable bonds is 7. The van der Waals surface area contributed by atoms with Gasteiger partial charge in [0.15, 0.2) is 11.5 Å². The van der Waals surface area contributed by atoms with E-state index in [0.717, 1.165) is 17.9 Å². The zero-order valence-corrected chi connectivity index (χ0v) is 13.8. The van der Waals surface area contributed by atoms with Gasteiger partial charge in [-0.15, -0.1) is 0 Å². The zero-order chi connectivity index (χ0) is 15.9. The first-order chi connectivity index (χ1) is 10.6. The Balaban J connectivity index is 2.28. The van der Waals surface area contributed by atoms with Gasteiger partial charge in [-0.3, -0.25) is 0 Å². The summed E-state index contributed by atoms with van der Waals surface area (Å²) in [7, 11) is 3.33. The van der Waals surface area contributed by atoms with Crippen LogP contribution in [0.5, 0.6) is 11.5 Å². The molecule has 0 saturated carbocycles. The highest BCUT2D eigenvalue weighted by molar-refractivity contribution is 5.44. The Morgan fingerprint density at radius 1 is 0.909 bits per heavy atom. The van der Waals surface area contributed by atoms with Crippen LogP contribution >= 0.6 is 0 Å². The van der Waals surface area contributed by atoms with Crippen LogP contribution in [0.1, 0.15) is 31.0 Å². The molecule has 0 amide bonds. The minimum Gasteiger partial charge on any atom is -0.493 e. The van der Waals surface area contributed by atoms with Crippen molar-refractivity contribution in [3.63, 3.8) is 0 Å². The van der Waals surface area contributed by atoms with Crippen molar-refractivity contribution in [3.8, 4) is 11.5 Å². The third-order valence-electron chi connectivity index (χ3n) is 3.63. The number of methoxy groups -OCH3 is 2. The van der Waals surface area contributed by atoms with Crippen LogP contribution in [-0.2, 0) is 6.42 Å². The first kappa shape index (κ1) is 16.4. The van der Waals surface area contributed by atoms with E-state index >= 15 is 0 Å². The van der Waals surface area contributed by atoms with Crippen LogP contribution in [0, 0.1) is 0 Å². The van der Waals surface area contributed by atoms with E-state index in [-0.39, 0.29) is 6.04 Å². The molecule has 2 aromatic carbocycles. The van der Waals surface area contributed by atoms with Gasteiger partial charge in [-0.1, -0.05) is 50.2 Å². The summed E-state index contributed by atoms with van der Waals surface area (Å²) < 4.78 is 10.8. The summed E-state index contributed by atoms with van der Waals surface area (Å²) in [6.45, 7) is 4.33. The zero-order valence-electron chi connectivity index (χ0n) is 13.8. The molecule has 0 spiro atoms. The van der Waals surface area contributed by atoms with Gasteiger partial charge in [0.25, 0.3) is 0 Å². The third kappa shape index (κ3) is 4.25. The quantitative estimate of drug-likeness (QED) is 0.838. The van der Waals surface area contributed by atoms with Gasteiger partial charge in [0, 0.05) is 12.1 Å². The van der Waals surface area contributed by atoms with Gasteiger partial charge in [0.1, 0.15) is 0 Å². The second kappa shape index (κ2) is 7.85. The highest BCUT2D eigenvalue weighted by Crippen LogP contribution is 2.31. The molecular weight excluding hydrogens is 274 g/mol. The van der Waals surface area contributed by atoms with Crippen LogP contribution < -0.4 is 14.8 Å². The second-order valence-electron chi connectivity index (χ2n) is 5.68. The lowest BCUT2D eigenvalue weighted by molar-refractivity contribution is 0.353. The fourth-order valence-corrected chi connectivity index (χ4v) is 2.59. The van der Waals surface area contributed by atoms with E-state index in [9.17, 15) is 0 Å². The van der Waals surface area contributed by atoms with E-state index in [1.54, 1.807) is 14.2 Å². The van der Waals surface area contributed by atoms with Crippen molar-refractivity contribution in [3.05, 3.63) is 59.7 Å². The third-order valence-corrected chi connectivity index (χ3v) is 3.63. The number of hydrogen-bond acceptors (Lipinski definition) is 3. The van der Waals surface area contributed by atoms with Gasteiger partial charge in [-0.25, -0.2) is 0 Å². The standard InChI is InChI=1S/C19H25NO2/c1-14(2)20-17(12-15-8-6-5-7-9-15)16-10-11-18(21-3)19(13-16)22-4/h5-11,13-14,17,20H,12H2,1-4H3. The molecule has 0 aromatic heterocycles. The monoisotopic (exact) mass is 299 g/mol. The second-order valence-corrected chi connectivity index (χ2v) is 5.68. The highest BCUT2D eigenvalue weighted by atomic mass is 16.5. The predicted molar refractivity (Wildman–Crippen MR) is 90.7 cm³/mol. The molecule has 0 aliphatic rings. The van der Waals surface area contributed by atoms with Crippen LogP contribution in [0.25, 0.3) is 0 Å². The molecule has 2 rings (SSSR count). The molecule has 0 radical (unpaired) electrons. The summed E-state index contributed by atoms with van der Waals surface area (Å²) >= 11 is 0. The highest BCUT2D eigenvalue weighted by Gasteiger charge is 2.16. The Labute approximate surface area is 133 Å². The lowest BCUT2D eigenvalue weighted by Gasteiger charge is -2.23. The molecule has 22 heavy (non-hydrogen) atoms. The Kier molecular flexibility index (Phi) is 5.84. The predicted octanol–water partition coefficient (Wildman–Crippen LogP) is 3.99. The molecule has 3 nitrogen and oxygen atoms in total. The molecule has 2 aromatic rings. The number of ether oxygens (including phenoxy) is 2. The van der Waals surface area contributed by atoms with E-state index in [2.05, 4.69) is 55.6 Å². The SMILES string of the molecule is COc1ccc(C(Cc2ccccc2)NC(C)C)cc1OC. The van der Waals surface area contributed by atoms with Gasteiger partial charge in [0.05, 0.1) is 14.2 Å². The van der Waals surface area contributed by atoms with Crippen LogP contribution in [0.2, 0.25) is 0 Å². The van der Waals surface area contributed by atoms with E-state index in [0.29, 0.717) is 6.04 Å². The summed E-state index contributed by atoms with van der Waals surface area (Å²) in [5.41, 5.74) is 2.52. The van der Waals surface area contributed by atoms with Crippen molar-refractivity contribution in [2.24, 2.45) is 0 Å². The molecular formula is C19H25NO2. The van der Waals surface area contributed by atoms with E-state index in [1.807, 2.05) is 12.1 Å². The van der Waals surface area contributed by atoms with Crippen LogP contribution in [0.15, 0.2) is 48.5 Å². The summed E-state index contributed by atoms with van der Waals surface area (Å²) in [6.07, 6.45) is 0.939. The van der Waals surface area contributed by atoms with Crippen LogP contribution in [0.4, 0.5) is 0 Å². The molecule has 0 heterocycles. The summed E-state index contributed by atoms with van der Waals surface area (Å²) in [5, 5.41) is 3.64. The smallest absolute Gasteiger partial charge is 0.161 e. The fourth-order valence-electron chi connectivity index (χ4n) is 2.59. The summed E-state index contributed by atoms with van der Waals surface area (Å²) in [5.74, 6) is 1.53. The van der Waals surface area contributed by atoms with Crippen molar-refractivity contribution in [2.75, 3.05) is 14.2 Å². The Hall–Kier alpha value is -2.00. The maximum atomic E-state index is 5.43. The van der Waals surface area contributed by atoms with Crippen molar-refractivity contribution in [1.82, 2.24) is 5.32 Å². The van der Waals surface area contributed by atoms with Crippen molar-refractivity contribution in [2.45, 2.75) is 32.4 Å². The summed E-state index contributed by atoms with van der Waals surface area (Å²) in [6, 6.07) is 17.3. The molecule has 1 atom stereocenters. The van der Waals surface area contributed by atoms with Crippen LogP contribution in [0.3, 0.4) is 0 Å². The number of nitrogens with one attached hydrogen (secondary N) is 1. The normalized spacial score (nSPS) is 12.2. The number of hydrogen-bond donors (Lipinski definition) is 1. The minimum absolute atomic E-state index is 0.238. The lowest BCUT2D eigenvalue weighted by atomic mass is 9.97. The topological polar surface area (TPSA) is 30.5 Å². The molecule has 0 saturated heterocycles. The Morgan fingerprint density at radius 3 is 2.18 bits per heavy atom. The molecule has 118 valence electrons. The Bertz CT molecular complexity index is 581. The molecule has 0 aliphatic carbocycles. The fraction of sp³-hybridized carbons (Fsp3) is 0.368. The maximum Gasteiger partial charge on any atom is 0.161 e. The van der Waals surface area contributed by atoms with Gasteiger partial charge in [-0.2, -0.15) is 0 Å². The van der Waals surface area contributed by atoms with Gasteiger partial charge in [-0.05, 0) is 29.7 Å². The maximum absolute atomic E-state index is 5.43. The van der Waals surface area contributed by atoms with E-state index < -0.39 is 0 Å². The largest absolute Gasteiger partial charge is 0.493 e. The molecule has 1 N–H and O–H groups in total. The molecule has 0 aliphatic heterocycles. The van der Waals surface area contributed by atoms with Crippen LogP contribution in [-0.4, -0.2) is 20.3 Å². The van der Waals surface area contributed by atoms with Crippen molar-refractivity contribution in [1.29, 1.82) is 0 Å². The van der Waals surface area contributed by atoms with Crippen molar-refractivity contribution < 1.29 is 9.47 Å². The average molecular weight is 299 g/mol. The van der Waals surface area contributed by atoms with Gasteiger partial charge >= 0.3 is 0 Å².